The fourth-order valence-electron chi connectivity index (χ4n) is 2.71. The summed E-state index contributed by atoms with van der Waals surface area (Å²) in [5.41, 5.74) is 5.92. The SMILES string of the molecule is CC1(N)CCCCC1C(=O)NCCc1ccc(I)s1. The largest absolute Gasteiger partial charge is 0.355 e. The maximum absolute atomic E-state index is 12.2. The second-order valence-electron chi connectivity index (χ2n) is 5.55. The van der Waals surface area contributed by atoms with E-state index >= 15 is 0 Å². The fraction of sp³-hybridized carbons (Fsp3) is 0.643. The van der Waals surface area contributed by atoms with E-state index in [1.807, 2.05) is 6.92 Å². The van der Waals surface area contributed by atoms with Gasteiger partial charge in [-0.2, -0.15) is 0 Å². The van der Waals surface area contributed by atoms with Crippen LogP contribution < -0.4 is 11.1 Å². The van der Waals surface area contributed by atoms with Crippen molar-refractivity contribution in [3.63, 3.8) is 0 Å². The maximum Gasteiger partial charge on any atom is 0.224 e. The second kappa shape index (κ2) is 6.54. The number of halogens is 1. The molecule has 1 aliphatic rings. The Morgan fingerprint density at radius 2 is 2.37 bits per heavy atom. The summed E-state index contributed by atoms with van der Waals surface area (Å²) in [6, 6.07) is 4.24. The predicted octanol–water partition coefficient (Wildman–Crippen LogP) is 2.92. The van der Waals surface area contributed by atoms with Crippen LogP contribution in [0.4, 0.5) is 0 Å². The van der Waals surface area contributed by atoms with Crippen molar-refractivity contribution in [1.29, 1.82) is 0 Å². The normalized spacial score (nSPS) is 27.2. The number of hydrogen-bond donors (Lipinski definition) is 2. The zero-order valence-corrected chi connectivity index (χ0v) is 14.2. The van der Waals surface area contributed by atoms with Gasteiger partial charge >= 0.3 is 0 Å². The van der Waals surface area contributed by atoms with Crippen molar-refractivity contribution in [3.05, 3.63) is 19.9 Å². The molecule has 1 aromatic rings. The van der Waals surface area contributed by atoms with Gasteiger partial charge in [-0.3, -0.25) is 4.79 Å². The topological polar surface area (TPSA) is 55.1 Å². The molecule has 2 atom stereocenters. The molecule has 0 bridgehead atoms. The van der Waals surface area contributed by atoms with Crippen molar-refractivity contribution < 1.29 is 4.79 Å². The van der Waals surface area contributed by atoms with Crippen molar-refractivity contribution in [2.45, 2.75) is 44.6 Å². The summed E-state index contributed by atoms with van der Waals surface area (Å²) in [6.07, 6.45) is 5.05. The van der Waals surface area contributed by atoms with Crippen molar-refractivity contribution in [1.82, 2.24) is 5.32 Å². The van der Waals surface area contributed by atoms with Gasteiger partial charge in [0.25, 0.3) is 0 Å². The summed E-state index contributed by atoms with van der Waals surface area (Å²) in [5.74, 6) is 0.112. The van der Waals surface area contributed by atoms with Gasteiger partial charge in [-0.1, -0.05) is 12.8 Å². The van der Waals surface area contributed by atoms with Gasteiger partial charge in [-0.15, -0.1) is 11.3 Å². The quantitative estimate of drug-likeness (QED) is 0.775. The van der Waals surface area contributed by atoms with Gasteiger partial charge in [0, 0.05) is 17.0 Å². The Labute approximate surface area is 132 Å². The van der Waals surface area contributed by atoms with Crippen LogP contribution in [-0.4, -0.2) is 18.0 Å². The molecule has 0 saturated heterocycles. The molecular formula is C14H21IN2OS. The molecule has 3 N–H and O–H groups in total. The highest BCUT2D eigenvalue weighted by molar-refractivity contribution is 14.1. The third kappa shape index (κ3) is 4.16. The van der Waals surface area contributed by atoms with E-state index in [0.717, 1.165) is 32.1 Å². The molecule has 1 saturated carbocycles. The summed E-state index contributed by atoms with van der Waals surface area (Å²) in [5, 5.41) is 3.05. The van der Waals surface area contributed by atoms with Crippen LogP contribution in [-0.2, 0) is 11.2 Å². The highest BCUT2D eigenvalue weighted by atomic mass is 127. The van der Waals surface area contributed by atoms with Crippen molar-refractivity contribution >= 4 is 39.8 Å². The van der Waals surface area contributed by atoms with Gasteiger partial charge in [0.2, 0.25) is 5.91 Å². The molecule has 1 fully saturated rings. The minimum absolute atomic E-state index is 0.0234. The zero-order chi connectivity index (χ0) is 13.9. The first-order valence-electron chi connectivity index (χ1n) is 6.80. The molecule has 2 unspecified atom stereocenters. The Balaban J connectivity index is 1.80. The molecule has 1 heterocycles. The number of thiophene rings is 1. The third-order valence-electron chi connectivity index (χ3n) is 3.87. The van der Waals surface area contributed by atoms with Crippen LogP contribution in [0.15, 0.2) is 12.1 Å². The Bertz CT molecular complexity index is 444. The van der Waals surface area contributed by atoms with Crippen LogP contribution in [0.25, 0.3) is 0 Å². The van der Waals surface area contributed by atoms with Gasteiger partial charge in [0.1, 0.15) is 0 Å². The fourth-order valence-corrected chi connectivity index (χ4v) is 4.46. The summed E-state index contributed by atoms with van der Waals surface area (Å²) < 4.78 is 1.29. The van der Waals surface area contributed by atoms with Crippen LogP contribution in [0, 0.1) is 8.80 Å². The number of carbonyl (C=O) groups excluding carboxylic acids is 1. The molecule has 1 aromatic heterocycles. The van der Waals surface area contributed by atoms with Gasteiger partial charge in [0.15, 0.2) is 0 Å². The number of carbonyl (C=O) groups is 1. The molecule has 5 heteroatoms. The summed E-state index contributed by atoms with van der Waals surface area (Å²) >= 11 is 4.11. The Morgan fingerprint density at radius 1 is 1.58 bits per heavy atom. The van der Waals surface area contributed by atoms with E-state index in [1.54, 1.807) is 11.3 Å². The van der Waals surface area contributed by atoms with Gasteiger partial charge in [-0.05, 0) is 60.9 Å². The highest BCUT2D eigenvalue weighted by Crippen LogP contribution is 2.31. The molecular weight excluding hydrogens is 371 g/mol. The molecule has 0 radical (unpaired) electrons. The Kier molecular flexibility index (Phi) is 5.25. The molecule has 1 aliphatic carbocycles. The van der Waals surface area contributed by atoms with E-state index in [1.165, 1.54) is 7.76 Å². The lowest BCUT2D eigenvalue weighted by atomic mass is 9.74. The average molecular weight is 392 g/mol. The minimum Gasteiger partial charge on any atom is -0.355 e. The maximum atomic E-state index is 12.2. The van der Waals surface area contributed by atoms with Crippen LogP contribution in [0.3, 0.4) is 0 Å². The summed E-state index contributed by atoms with van der Waals surface area (Å²) in [7, 11) is 0. The molecule has 106 valence electrons. The van der Waals surface area contributed by atoms with Crippen LogP contribution in [0.2, 0.25) is 0 Å². The molecule has 19 heavy (non-hydrogen) atoms. The van der Waals surface area contributed by atoms with Crippen molar-refractivity contribution in [3.8, 4) is 0 Å². The Morgan fingerprint density at radius 3 is 3.00 bits per heavy atom. The standard InChI is InChI=1S/C14H21IN2OS/c1-14(16)8-3-2-4-11(14)13(18)17-9-7-10-5-6-12(15)19-10/h5-6,11H,2-4,7-9,16H2,1H3,(H,17,18). The van der Waals surface area contributed by atoms with E-state index in [-0.39, 0.29) is 17.4 Å². The van der Waals surface area contributed by atoms with E-state index in [0.29, 0.717) is 6.54 Å². The van der Waals surface area contributed by atoms with Gasteiger partial charge in [0.05, 0.1) is 8.80 Å². The van der Waals surface area contributed by atoms with E-state index in [9.17, 15) is 4.79 Å². The van der Waals surface area contributed by atoms with E-state index < -0.39 is 0 Å². The van der Waals surface area contributed by atoms with Gasteiger partial charge < -0.3 is 11.1 Å². The molecule has 0 spiro atoms. The summed E-state index contributed by atoms with van der Waals surface area (Å²) in [6.45, 7) is 2.72. The first-order valence-corrected chi connectivity index (χ1v) is 8.69. The first-order chi connectivity index (χ1) is 8.99. The van der Waals surface area contributed by atoms with Crippen molar-refractivity contribution in [2.24, 2.45) is 11.7 Å². The molecule has 1 amide bonds. The molecule has 2 rings (SSSR count). The van der Waals surface area contributed by atoms with Gasteiger partial charge in [-0.25, -0.2) is 0 Å². The smallest absolute Gasteiger partial charge is 0.224 e. The van der Waals surface area contributed by atoms with Crippen LogP contribution in [0.1, 0.15) is 37.5 Å². The third-order valence-corrected chi connectivity index (χ3v) is 5.82. The average Bonchev–Trinajstić information content (AvgIpc) is 2.74. The summed E-state index contributed by atoms with van der Waals surface area (Å²) in [4.78, 5) is 13.5. The molecule has 0 aliphatic heterocycles. The lowest BCUT2D eigenvalue weighted by Gasteiger charge is -2.37. The van der Waals surface area contributed by atoms with E-state index in [4.69, 9.17) is 5.73 Å². The Hall–Kier alpha value is -0.140. The van der Waals surface area contributed by atoms with Crippen LogP contribution >= 0.6 is 33.9 Å². The number of nitrogens with one attached hydrogen (secondary N) is 1. The number of amides is 1. The van der Waals surface area contributed by atoms with Crippen LogP contribution in [0.5, 0.6) is 0 Å². The monoisotopic (exact) mass is 392 g/mol. The van der Waals surface area contributed by atoms with E-state index in [2.05, 4.69) is 40.0 Å². The van der Waals surface area contributed by atoms with Crippen molar-refractivity contribution in [2.75, 3.05) is 6.54 Å². The highest BCUT2D eigenvalue weighted by Gasteiger charge is 2.37. The number of rotatable bonds is 4. The molecule has 0 aromatic carbocycles. The lowest BCUT2D eigenvalue weighted by Crippen LogP contribution is -2.53. The lowest BCUT2D eigenvalue weighted by molar-refractivity contribution is -0.128. The number of hydrogen-bond acceptors (Lipinski definition) is 3. The molecule has 3 nitrogen and oxygen atoms in total. The number of nitrogens with two attached hydrogens (primary N) is 1. The first kappa shape index (κ1) is 15.3. The zero-order valence-electron chi connectivity index (χ0n) is 11.2. The minimum atomic E-state index is -0.333. The predicted molar refractivity (Wildman–Crippen MR) is 88.3 cm³/mol. The second-order valence-corrected chi connectivity index (χ2v) is 8.61.